The van der Waals surface area contributed by atoms with E-state index in [0.717, 1.165) is 0 Å². The predicted octanol–water partition coefficient (Wildman–Crippen LogP) is 15.1. The Balaban J connectivity index is 3.53. The molecule has 0 aliphatic rings. The Morgan fingerprint density at radius 3 is 0.634 bits per heavy atom. The lowest BCUT2D eigenvalue weighted by molar-refractivity contribution is -0.130. The second-order valence-electron chi connectivity index (χ2n) is 15.0. The molecule has 0 amide bonds. The molecule has 0 aromatic carbocycles. The summed E-state index contributed by atoms with van der Waals surface area (Å²) in [4.78, 5) is 0. The topological polar surface area (TPSA) is 9.23 Å². The molecule has 0 N–H and O–H groups in total. The fraction of sp³-hybridized carbons (Fsp3) is 1.00. The molecule has 0 spiro atoms. The number of hydrogen-bond acceptors (Lipinski definition) is 1. The van der Waals surface area contributed by atoms with Gasteiger partial charge < -0.3 is 4.74 Å². The van der Waals surface area contributed by atoms with Crippen LogP contribution >= 0.6 is 0 Å². The van der Waals surface area contributed by atoms with Crippen LogP contribution in [0, 0.1) is 0 Å². The van der Waals surface area contributed by atoms with E-state index in [4.69, 9.17) is 4.74 Å². The number of unbranched alkanes of at least 4 members (excludes halogenated alkanes) is 28. The summed E-state index contributed by atoms with van der Waals surface area (Å²) >= 11 is 0. The van der Waals surface area contributed by atoms with Crippen molar-refractivity contribution in [2.45, 2.75) is 258 Å². The maximum atomic E-state index is 6.66. The molecule has 0 bridgehead atoms. The Hall–Kier alpha value is -0.0400. The van der Waals surface area contributed by atoms with Gasteiger partial charge in [-0.25, -0.2) is 0 Å². The highest BCUT2D eigenvalue weighted by atomic mass is 16.5. The van der Waals surface area contributed by atoms with Crippen molar-refractivity contribution in [2.75, 3.05) is 0 Å². The third-order valence-corrected chi connectivity index (χ3v) is 9.32. The van der Waals surface area contributed by atoms with Crippen LogP contribution in [0.5, 0.6) is 0 Å². The largest absolute Gasteiger partial charge is 0.370 e. The van der Waals surface area contributed by atoms with Gasteiger partial charge in [0.05, 0.1) is 11.2 Å². The first kappa shape index (κ1) is 41.0. The van der Waals surface area contributed by atoms with E-state index in [2.05, 4.69) is 41.5 Å². The molecule has 0 aliphatic carbocycles. The minimum Gasteiger partial charge on any atom is -0.370 e. The third-order valence-electron chi connectivity index (χ3n) is 9.32. The Morgan fingerprint density at radius 2 is 0.439 bits per heavy atom. The van der Waals surface area contributed by atoms with Gasteiger partial charge in [-0.3, -0.25) is 0 Å². The molecular weight excluding hydrogens is 496 g/mol. The fourth-order valence-electron chi connectivity index (χ4n) is 6.69. The van der Waals surface area contributed by atoms with E-state index in [9.17, 15) is 0 Å². The van der Waals surface area contributed by atoms with Crippen molar-refractivity contribution >= 4 is 0 Å². The second-order valence-corrected chi connectivity index (χ2v) is 15.0. The number of rotatable bonds is 34. The first-order valence-corrected chi connectivity index (χ1v) is 19.5. The van der Waals surface area contributed by atoms with Crippen molar-refractivity contribution in [1.29, 1.82) is 0 Å². The molecule has 0 fully saturated rings. The number of ether oxygens (including phenoxy) is 1. The highest BCUT2D eigenvalue weighted by Gasteiger charge is 2.28. The molecule has 0 unspecified atom stereocenters. The van der Waals surface area contributed by atoms with Gasteiger partial charge in [0.15, 0.2) is 0 Å². The van der Waals surface area contributed by atoms with Crippen LogP contribution in [0.25, 0.3) is 0 Å². The van der Waals surface area contributed by atoms with Crippen molar-refractivity contribution in [2.24, 2.45) is 0 Å². The molecule has 0 rings (SSSR count). The zero-order chi connectivity index (χ0) is 30.3. The summed E-state index contributed by atoms with van der Waals surface area (Å²) in [6, 6.07) is 0. The van der Waals surface area contributed by atoms with Crippen molar-refractivity contribution in [3.05, 3.63) is 0 Å². The molecule has 0 heterocycles. The lowest BCUT2D eigenvalue weighted by Gasteiger charge is -2.36. The molecule has 0 saturated heterocycles. The third kappa shape index (κ3) is 32.7. The van der Waals surface area contributed by atoms with E-state index in [0.29, 0.717) is 0 Å². The lowest BCUT2D eigenvalue weighted by Crippen LogP contribution is -2.37. The molecule has 0 aromatic heterocycles. The van der Waals surface area contributed by atoms with Gasteiger partial charge in [0.1, 0.15) is 0 Å². The first-order valence-electron chi connectivity index (χ1n) is 19.5. The van der Waals surface area contributed by atoms with Crippen LogP contribution in [0.4, 0.5) is 0 Å². The van der Waals surface area contributed by atoms with Crippen molar-refractivity contribution in [1.82, 2.24) is 0 Å². The van der Waals surface area contributed by atoms with Crippen LogP contribution in [0.2, 0.25) is 0 Å². The zero-order valence-electron chi connectivity index (χ0n) is 30.0. The van der Waals surface area contributed by atoms with Gasteiger partial charge in [-0.1, -0.05) is 206 Å². The van der Waals surface area contributed by atoms with Crippen LogP contribution in [0.3, 0.4) is 0 Å². The first-order chi connectivity index (χ1) is 19.8. The molecule has 1 heteroatoms. The van der Waals surface area contributed by atoms with Gasteiger partial charge in [-0.2, -0.15) is 0 Å². The summed E-state index contributed by atoms with van der Waals surface area (Å²) in [7, 11) is 0. The van der Waals surface area contributed by atoms with Crippen molar-refractivity contribution in [3.8, 4) is 0 Å². The van der Waals surface area contributed by atoms with Crippen molar-refractivity contribution < 1.29 is 4.74 Å². The predicted molar refractivity (Wildman–Crippen MR) is 188 cm³/mol. The standard InChI is InChI=1S/C40H82O/c1-7-9-11-13-15-17-19-21-23-25-27-29-31-33-35-37-39(3,4)41-40(5,6)38-36-34-32-30-28-26-24-22-20-18-16-14-12-10-8-2/h7-38H2,1-6H3. The van der Waals surface area contributed by atoms with Crippen LogP contribution in [0.15, 0.2) is 0 Å². The molecule has 0 aromatic rings. The van der Waals surface area contributed by atoms with E-state index in [1.807, 2.05) is 0 Å². The highest BCUT2D eigenvalue weighted by molar-refractivity contribution is 4.77. The van der Waals surface area contributed by atoms with Crippen LogP contribution in [-0.4, -0.2) is 11.2 Å². The summed E-state index contributed by atoms with van der Waals surface area (Å²) in [6.07, 6.45) is 45.4. The van der Waals surface area contributed by atoms with E-state index >= 15 is 0 Å². The van der Waals surface area contributed by atoms with E-state index < -0.39 is 0 Å². The van der Waals surface area contributed by atoms with Gasteiger partial charge in [-0.15, -0.1) is 0 Å². The average Bonchev–Trinajstić information content (AvgIpc) is 2.92. The second kappa shape index (κ2) is 30.0. The maximum Gasteiger partial charge on any atom is 0.0633 e. The maximum absolute atomic E-state index is 6.66. The monoisotopic (exact) mass is 579 g/mol. The molecular formula is C40H82O. The van der Waals surface area contributed by atoms with E-state index in [1.165, 1.54) is 205 Å². The van der Waals surface area contributed by atoms with Crippen molar-refractivity contribution in [3.63, 3.8) is 0 Å². The van der Waals surface area contributed by atoms with Gasteiger partial charge >= 0.3 is 0 Å². The van der Waals surface area contributed by atoms with Gasteiger partial charge in [0.25, 0.3) is 0 Å². The molecule has 0 saturated carbocycles. The lowest BCUT2D eigenvalue weighted by atomic mass is 9.94. The average molecular weight is 579 g/mol. The summed E-state index contributed by atoms with van der Waals surface area (Å²) in [5, 5.41) is 0. The smallest absolute Gasteiger partial charge is 0.0633 e. The van der Waals surface area contributed by atoms with Crippen LogP contribution < -0.4 is 0 Å². The van der Waals surface area contributed by atoms with Gasteiger partial charge in [0, 0.05) is 0 Å². The minimum atomic E-state index is 0.00947. The van der Waals surface area contributed by atoms with Crippen LogP contribution in [0.1, 0.15) is 247 Å². The van der Waals surface area contributed by atoms with E-state index in [1.54, 1.807) is 0 Å². The quantitative estimate of drug-likeness (QED) is 0.0690. The van der Waals surface area contributed by atoms with Gasteiger partial charge in [-0.05, 0) is 40.5 Å². The normalized spacial score (nSPS) is 12.4. The molecule has 41 heavy (non-hydrogen) atoms. The molecule has 1 nitrogen and oxygen atoms in total. The Bertz CT molecular complexity index is 449. The zero-order valence-corrected chi connectivity index (χ0v) is 30.0. The molecule has 0 radical (unpaired) electrons. The highest BCUT2D eigenvalue weighted by Crippen LogP contribution is 2.29. The number of hydrogen-bond donors (Lipinski definition) is 0. The Labute approximate surface area is 262 Å². The summed E-state index contributed by atoms with van der Waals surface area (Å²) in [6.45, 7) is 13.9. The van der Waals surface area contributed by atoms with Crippen LogP contribution in [-0.2, 0) is 4.74 Å². The molecule has 248 valence electrons. The Kier molecular flexibility index (Phi) is 30.0. The summed E-state index contributed by atoms with van der Waals surface area (Å²) < 4.78 is 6.66. The molecule has 0 atom stereocenters. The minimum absolute atomic E-state index is 0.00947. The Morgan fingerprint density at radius 1 is 0.268 bits per heavy atom. The molecule has 0 aliphatic heterocycles. The fourth-order valence-corrected chi connectivity index (χ4v) is 6.69. The van der Waals surface area contributed by atoms with E-state index in [-0.39, 0.29) is 11.2 Å². The summed E-state index contributed by atoms with van der Waals surface area (Å²) in [5.74, 6) is 0. The van der Waals surface area contributed by atoms with Gasteiger partial charge in [0.2, 0.25) is 0 Å². The SMILES string of the molecule is CCCCCCCCCCCCCCCCCC(C)(C)OC(C)(C)CCCCCCCCCCCCCCCCC. The summed E-state index contributed by atoms with van der Waals surface area (Å²) in [5.41, 5.74) is 0.0189.